The molecule has 2 aliphatic heterocycles. The summed E-state index contributed by atoms with van der Waals surface area (Å²) in [5.41, 5.74) is 9.01. The summed E-state index contributed by atoms with van der Waals surface area (Å²) in [6.45, 7) is 5.90. The summed E-state index contributed by atoms with van der Waals surface area (Å²) in [5.74, 6) is -0.661. The summed E-state index contributed by atoms with van der Waals surface area (Å²) in [7, 11) is 0. The highest BCUT2D eigenvalue weighted by Crippen LogP contribution is 2.28. The monoisotopic (exact) mass is 337 g/mol. The van der Waals surface area contributed by atoms with Gasteiger partial charge >= 0.3 is 0 Å². The normalized spacial score (nSPS) is 24.0. The SMILES string of the molecule is Cc1cc(C)cc(N2CCC(C(=O)N3CCC(N)C3)C2=O)c1.Cl. The van der Waals surface area contributed by atoms with E-state index in [1.807, 2.05) is 26.0 Å². The summed E-state index contributed by atoms with van der Waals surface area (Å²) in [5, 5.41) is 0. The number of hydrogen-bond acceptors (Lipinski definition) is 3. The van der Waals surface area contributed by atoms with E-state index in [1.54, 1.807) is 9.80 Å². The van der Waals surface area contributed by atoms with Gasteiger partial charge in [0.25, 0.3) is 0 Å². The molecular weight excluding hydrogens is 314 g/mol. The van der Waals surface area contributed by atoms with Crippen LogP contribution in [0.4, 0.5) is 5.69 Å². The first kappa shape index (κ1) is 17.8. The number of aryl methyl sites for hydroxylation is 2. The fourth-order valence-electron chi connectivity index (χ4n) is 3.48. The van der Waals surface area contributed by atoms with Crippen molar-refractivity contribution in [2.24, 2.45) is 11.7 Å². The van der Waals surface area contributed by atoms with Gasteiger partial charge in [0.1, 0.15) is 5.92 Å². The maximum Gasteiger partial charge on any atom is 0.239 e. The van der Waals surface area contributed by atoms with Gasteiger partial charge < -0.3 is 15.5 Å². The number of anilines is 1. The van der Waals surface area contributed by atoms with Crippen LogP contribution in [0.1, 0.15) is 24.0 Å². The van der Waals surface area contributed by atoms with E-state index in [0.29, 0.717) is 26.1 Å². The number of rotatable bonds is 2. The van der Waals surface area contributed by atoms with E-state index in [1.165, 1.54) is 0 Å². The average Bonchev–Trinajstić information content (AvgIpc) is 3.03. The molecule has 0 saturated carbocycles. The van der Waals surface area contributed by atoms with Crippen molar-refractivity contribution in [1.29, 1.82) is 0 Å². The highest BCUT2D eigenvalue weighted by Gasteiger charge is 2.41. The van der Waals surface area contributed by atoms with Crippen molar-refractivity contribution in [3.05, 3.63) is 29.3 Å². The minimum Gasteiger partial charge on any atom is -0.340 e. The van der Waals surface area contributed by atoms with Gasteiger partial charge in [0, 0.05) is 31.4 Å². The summed E-state index contributed by atoms with van der Waals surface area (Å²) in [6, 6.07) is 6.14. The van der Waals surface area contributed by atoms with Crippen molar-refractivity contribution in [3.8, 4) is 0 Å². The molecule has 1 aromatic carbocycles. The average molecular weight is 338 g/mol. The summed E-state index contributed by atoms with van der Waals surface area (Å²) < 4.78 is 0. The van der Waals surface area contributed by atoms with Crippen LogP contribution < -0.4 is 10.6 Å². The van der Waals surface area contributed by atoms with Crippen LogP contribution in [-0.2, 0) is 9.59 Å². The van der Waals surface area contributed by atoms with Gasteiger partial charge in [-0.3, -0.25) is 9.59 Å². The summed E-state index contributed by atoms with van der Waals surface area (Å²) in [6.07, 6.45) is 1.42. The molecule has 2 atom stereocenters. The Morgan fingerprint density at radius 2 is 1.78 bits per heavy atom. The lowest BCUT2D eigenvalue weighted by Gasteiger charge is -2.21. The molecular formula is C17H24ClN3O2. The number of likely N-dealkylation sites (tertiary alicyclic amines) is 1. The molecule has 0 spiro atoms. The van der Waals surface area contributed by atoms with E-state index in [9.17, 15) is 9.59 Å². The highest BCUT2D eigenvalue weighted by molar-refractivity contribution is 6.09. The second-order valence-corrected chi connectivity index (χ2v) is 6.51. The zero-order valence-corrected chi connectivity index (χ0v) is 14.4. The van der Waals surface area contributed by atoms with Crippen LogP contribution in [0.2, 0.25) is 0 Å². The lowest BCUT2D eigenvalue weighted by atomic mass is 10.1. The molecule has 3 rings (SSSR count). The molecule has 0 aromatic heterocycles. The number of nitrogens with two attached hydrogens (primary N) is 1. The summed E-state index contributed by atoms with van der Waals surface area (Å²) >= 11 is 0. The first-order chi connectivity index (χ1) is 10.5. The Morgan fingerprint density at radius 3 is 2.35 bits per heavy atom. The number of carbonyl (C=O) groups excluding carboxylic acids is 2. The quantitative estimate of drug-likeness (QED) is 0.834. The van der Waals surface area contributed by atoms with E-state index < -0.39 is 5.92 Å². The number of nitrogens with zero attached hydrogens (tertiary/aromatic N) is 2. The number of halogens is 1. The minimum atomic E-state index is -0.536. The van der Waals surface area contributed by atoms with Gasteiger partial charge in [-0.15, -0.1) is 12.4 Å². The van der Waals surface area contributed by atoms with Crippen LogP contribution in [0.15, 0.2) is 18.2 Å². The van der Waals surface area contributed by atoms with Crippen molar-refractivity contribution < 1.29 is 9.59 Å². The third kappa shape index (κ3) is 3.51. The Morgan fingerprint density at radius 1 is 1.13 bits per heavy atom. The fraction of sp³-hybridized carbons (Fsp3) is 0.529. The Bertz CT molecular complexity index is 600. The molecule has 126 valence electrons. The first-order valence-electron chi connectivity index (χ1n) is 7.90. The number of benzene rings is 1. The smallest absolute Gasteiger partial charge is 0.239 e. The van der Waals surface area contributed by atoms with E-state index in [4.69, 9.17) is 5.73 Å². The predicted octanol–water partition coefficient (Wildman–Crippen LogP) is 1.64. The van der Waals surface area contributed by atoms with Gasteiger partial charge in [-0.1, -0.05) is 6.07 Å². The van der Waals surface area contributed by atoms with Crippen LogP contribution in [-0.4, -0.2) is 42.4 Å². The molecule has 0 radical (unpaired) electrons. The van der Waals surface area contributed by atoms with Gasteiger partial charge in [-0.05, 0) is 49.9 Å². The van der Waals surface area contributed by atoms with Gasteiger partial charge in [-0.25, -0.2) is 0 Å². The molecule has 2 amide bonds. The first-order valence-corrected chi connectivity index (χ1v) is 7.90. The van der Waals surface area contributed by atoms with Crippen molar-refractivity contribution in [3.63, 3.8) is 0 Å². The minimum absolute atomic E-state index is 0. The molecule has 1 aromatic rings. The second kappa shape index (κ2) is 6.89. The third-order valence-corrected chi connectivity index (χ3v) is 4.56. The zero-order valence-electron chi connectivity index (χ0n) is 13.6. The largest absolute Gasteiger partial charge is 0.340 e. The van der Waals surface area contributed by atoms with Gasteiger partial charge in [-0.2, -0.15) is 0 Å². The lowest BCUT2D eigenvalue weighted by Crippen LogP contribution is -2.40. The third-order valence-electron chi connectivity index (χ3n) is 4.56. The molecule has 0 bridgehead atoms. The van der Waals surface area contributed by atoms with Crippen LogP contribution >= 0.6 is 12.4 Å². The standard InChI is InChI=1S/C17H23N3O2.ClH/c1-11-7-12(2)9-14(8-11)20-6-4-15(17(20)22)16(21)19-5-3-13(18)10-19;/h7-9,13,15H,3-6,10,18H2,1-2H3;1H. The van der Waals surface area contributed by atoms with Crippen LogP contribution in [0.25, 0.3) is 0 Å². The Kier molecular flexibility index (Phi) is 5.32. The molecule has 2 fully saturated rings. The number of hydrogen-bond donors (Lipinski definition) is 1. The van der Waals surface area contributed by atoms with E-state index in [-0.39, 0.29) is 30.3 Å². The molecule has 2 unspecified atom stereocenters. The fourth-order valence-corrected chi connectivity index (χ4v) is 3.48. The number of carbonyl (C=O) groups is 2. The summed E-state index contributed by atoms with van der Waals surface area (Å²) in [4.78, 5) is 28.7. The lowest BCUT2D eigenvalue weighted by molar-refractivity contribution is -0.139. The van der Waals surface area contributed by atoms with E-state index in [0.717, 1.165) is 23.2 Å². The van der Waals surface area contributed by atoms with Gasteiger partial charge in [0.15, 0.2) is 0 Å². The topological polar surface area (TPSA) is 66.6 Å². The van der Waals surface area contributed by atoms with E-state index in [2.05, 4.69) is 6.07 Å². The molecule has 2 heterocycles. The zero-order chi connectivity index (χ0) is 15.9. The maximum absolute atomic E-state index is 12.7. The molecule has 2 saturated heterocycles. The van der Waals surface area contributed by atoms with Gasteiger partial charge in [0.2, 0.25) is 11.8 Å². The maximum atomic E-state index is 12.7. The van der Waals surface area contributed by atoms with Crippen LogP contribution in [0.5, 0.6) is 0 Å². The second-order valence-electron chi connectivity index (χ2n) is 6.51. The van der Waals surface area contributed by atoms with E-state index >= 15 is 0 Å². The molecule has 2 N–H and O–H groups in total. The van der Waals surface area contributed by atoms with Crippen molar-refractivity contribution in [2.45, 2.75) is 32.7 Å². The Labute approximate surface area is 143 Å². The van der Waals surface area contributed by atoms with Crippen molar-refractivity contribution in [1.82, 2.24) is 4.90 Å². The number of amides is 2. The molecule has 23 heavy (non-hydrogen) atoms. The predicted molar refractivity (Wildman–Crippen MR) is 92.8 cm³/mol. The Balaban J connectivity index is 0.00000192. The molecule has 5 nitrogen and oxygen atoms in total. The Hall–Kier alpha value is -1.59. The van der Waals surface area contributed by atoms with Crippen LogP contribution in [0.3, 0.4) is 0 Å². The highest BCUT2D eigenvalue weighted by atomic mass is 35.5. The van der Waals surface area contributed by atoms with Crippen LogP contribution in [0, 0.1) is 19.8 Å². The van der Waals surface area contributed by atoms with Crippen molar-refractivity contribution in [2.75, 3.05) is 24.5 Å². The van der Waals surface area contributed by atoms with Gasteiger partial charge in [0.05, 0.1) is 0 Å². The van der Waals surface area contributed by atoms with Crippen molar-refractivity contribution >= 4 is 29.9 Å². The molecule has 0 aliphatic carbocycles. The molecule has 6 heteroatoms. The molecule has 2 aliphatic rings.